The van der Waals surface area contributed by atoms with E-state index in [2.05, 4.69) is 22.9 Å². The summed E-state index contributed by atoms with van der Waals surface area (Å²) in [4.78, 5) is 0. The number of hydrogen-bond acceptors (Lipinski definition) is 2. The molecule has 2 rings (SSSR count). The van der Waals surface area contributed by atoms with Crippen LogP contribution in [0.4, 0.5) is 0 Å². The average Bonchev–Trinajstić information content (AvgIpc) is 2.16. The minimum absolute atomic E-state index is 0.0498. The molecule has 0 spiro atoms. The van der Waals surface area contributed by atoms with E-state index in [1.807, 2.05) is 23.9 Å². The number of fused-ring (bicyclic) bond motifs is 1. The van der Waals surface area contributed by atoms with E-state index in [4.69, 9.17) is 17.3 Å². The van der Waals surface area contributed by atoms with Gasteiger partial charge in [0.05, 0.1) is 0 Å². The molecule has 1 heterocycles. The number of benzene rings is 1. The lowest BCUT2D eigenvalue weighted by Gasteiger charge is -2.29. The highest BCUT2D eigenvalue weighted by atomic mass is 79.9. The van der Waals surface area contributed by atoms with Gasteiger partial charge in [0, 0.05) is 26.5 Å². The van der Waals surface area contributed by atoms with Gasteiger partial charge in [0.1, 0.15) is 0 Å². The summed E-state index contributed by atoms with van der Waals surface area (Å²) in [5, 5.41) is 1.23. The number of thioether (sulfide) groups is 1. The molecule has 1 nitrogen and oxygen atoms in total. The summed E-state index contributed by atoms with van der Waals surface area (Å²) in [6.07, 6.45) is 0. The molecular weight excluding hydrogens is 282 g/mol. The van der Waals surface area contributed by atoms with Crippen LogP contribution in [0, 0.1) is 0 Å². The lowest BCUT2D eigenvalue weighted by Crippen LogP contribution is -2.26. The van der Waals surface area contributed by atoms with Gasteiger partial charge in [-0.25, -0.2) is 0 Å². The van der Waals surface area contributed by atoms with E-state index >= 15 is 0 Å². The predicted molar refractivity (Wildman–Crippen MR) is 66.8 cm³/mol. The Labute approximate surface area is 102 Å². The molecule has 76 valence electrons. The quantitative estimate of drug-likeness (QED) is 0.788. The lowest BCUT2D eigenvalue weighted by molar-refractivity contribution is 0.698. The Morgan fingerprint density at radius 2 is 2.29 bits per heavy atom. The fourth-order valence-corrected chi connectivity index (χ4v) is 3.73. The minimum Gasteiger partial charge on any atom is -0.323 e. The van der Waals surface area contributed by atoms with Crippen molar-refractivity contribution in [3.8, 4) is 0 Å². The van der Waals surface area contributed by atoms with Gasteiger partial charge in [-0.05, 0) is 23.3 Å². The molecule has 1 aliphatic heterocycles. The molecule has 0 saturated heterocycles. The van der Waals surface area contributed by atoms with Gasteiger partial charge in [-0.2, -0.15) is 11.8 Å². The van der Waals surface area contributed by atoms with E-state index in [9.17, 15) is 0 Å². The van der Waals surface area contributed by atoms with Crippen molar-refractivity contribution in [2.75, 3.05) is 0 Å². The van der Waals surface area contributed by atoms with Crippen LogP contribution in [-0.2, 0) is 5.75 Å². The monoisotopic (exact) mass is 291 g/mol. The molecule has 0 aliphatic carbocycles. The number of rotatable bonds is 0. The Morgan fingerprint density at radius 1 is 1.57 bits per heavy atom. The lowest BCUT2D eigenvalue weighted by atomic mass is 9.99. The summed E-state index contributed by atoms with van der Waals surface area (Å²) in [6.45, 7) is 2.15. The zero-order valence-corrected chi connectivity index (χ0v) is 10.9. The molecular formula is C10H11BrClNS. The first-order valence-electron chi connectivity index (χ1n) is 4.45. The third-order valence-electron chi connectivity index (χ3n) is 2.58. The van der Waals surface area contributed by atoms with Gasteiger partial charge in [-0.15, -0.1) is 0 Å². The van der Waals surface area contributed by atoms with Crippen LogP contribution in [0.25, 0.3) is 0 Å². The summed E-state index contributed by atoms with van der Waals surface area (Å²) in [7, 11) is 0. The van der Waals surface area contributed by atoms with Crippen LogP contribution in [0.15, 0.2) is 16.6 Å². The Kier molecular flexibility index (Phi) is 3.12. The predicted octanol–water partition coefficient (Wildman–Crippen LogP) is 3.74. The van der Waals surface area contributed by atoms with Crippen molar-refractivity contribution in [2.45, 2.75) is 24.0 Å². The molecule has 2 N–H and O–H groups in total. The van der Waals surface area contributed by atoms with E-state index in [1.54, 1.807) is 0 Å². The Bertz CT molecular complexity index is 369. The molecule has 0 fully saturated rings. The Balaban J connectivity index is 2.58. The van der Waals surface area contributed by atoms with Crippen LogP contribution in [0.2, 0.25) is 5.02 Å². The van der Waals surface area contributed by atoms with Gasteiger partial charge < -0.3 is 5.73 Å². The van der Waals surface area contributed by atoms with Gasteiger partial charge >= 0.3 is 0 Å². The maximum atomic E-state index is 6.16. The number of halogens is 2. The van der Waals surface area contributed by atoms with Gasteiger partial charge in [-0.3, -0.25) is 0 Å². The van der Waals surface area contributed by atoms with E-state index in [-0.39, 0.29) is 6.04 Å². The second kappa shape index (κ2) is 4.05. The molecule has 0 saturated carbocycles. The van der Waals surface area contributed by atoms with Crippen LogP contribution < -0.4 is 5.73 Å². The molecule has 0 radical (unpaired) electrons. The van der Waals surface area contributed by atoms with Crippen molar-refractivity contribution in [3.63, 3.8) is 0 Å². The Hall–Kier alpha value is 0.300. The summed E-state index contributed by atoms with van der Waals surface area (Å²) in [5.41, 5.74) is 8.51. The van der Waals surface area contributed by atoms with E-state index in [1.165, 1.54) is 5.56 Å². The first-order chi connectivity index (χ1) is 6.61. The van der Waals surface area contributed by atoms with Crippen LogP contribution in [0.3, 0.4) is 0 Å². The largest absolute Gasteiger partial charge is 0.323 e. The molecule has 0 aromatic heterocycles. The molecule has 1 aliphatic rings. The van der Waals surface area contributed by atoms with E-state index in [0.717, 1.165) is 20.8 Å². The maximum absolute atomic E-state index is 6.16. The molecule has 1 aromatic carbocycles. The smallest absolute Gasteiger partial charge is 0.0458 e. The van der Waals surface area contributed by atoms with E-state index < -0.39 is 0 Å². The van der Waals surface area contributed by atoms with Crippen molar-refractivity contribution in [3.05, 3.63) is 32.8 Å². The van der Waals surface area contributed by atoms with Crippen molar-refractivity contribution in [1.82, 2.24) is 0 Å². The zero-order valence-electron chi connectivity index (χ0n) is 7.76. The first kappa shape index (κ1) is 10.8. The fraction of sp³-hybridized carbons (Fsp3) is 0.400. The van der Waals surface area contributed by atoms with Crippen molar-refractivity contribution >= 4 is 39.3 Å². The highest BCUT2D eigenvalue weighted by Gasteiger charge is 2.27. The highest BCUT2D eigenvalue weighted by Crippen LogP contribution is 2.42. The maximum Gasteiger partial charge on any atom is 0.0458 e. The van der Waals surface area contributed by atoms with Crippen LogP contribution >= 0.6 is 39.3 Å². The average molecular weight is 293 g/mol. The fourth-order valence-electron chi connectivity index (χ4n) is 1.67. The number of hydrogen-bond donors (Lipinski definition) is 1. The normalized spacial score (nSPS) is 26.0. The molecule has 0 bridgehead atoms. The first-order valence-corrected chi connectivity index (χ1v) is 6.67. The third kappa shape index (κ3) is 1.71. The van der Waals surface area contributed by atoms with Gasteiger partial charge in [0.25, 0.3) is 0 Å². The molecule has 0 amide bonds. The molecule has 2 unspecified atom stereocenters. The molecule has 4 heteroatoms. The van der Waals surface area contributed by atoms with Gasteiger partial charge in [0.2, 0.25) is 0 Å². The topological polar surface area (TPSA) is 26.0 Å². The van der Waals surface area contributed by atoms with Crippen LogP contribution in [0.5, 0.6) is 0 Å². The standard InChI is InChI=1S/C10H11BrClNS/c1-5-10(13)9-6(4-14-5)7(11)2-3-8(9)12/h2-3,5,10H,4,13H2,1H3. The van der Waals surface area contributed by atoms with Crippen LogP contribution in [0.1, 0.15) is 24.1 Å². The molecule has 1 aromatic rings. The zero-order chi connectivity index (χ0) is 10.3. The number of nitrogens with two attached hydrogens (primary N) is 1. The van der Waals surface area contributed by atoms with E-state index in [0.29, 0.717) is 5.25 Å². The second-order valence-electron chi connectivity index (χ2n) is 3.46. The second-order valence-corrected chi connectivity index (χ2v) is 6.09. The minimum atomic E-state index is 0.0498. The molecule has 14 heavy (non-hydrogen) atoms. The third-order valence-corrected chi connectivity index (χ3v) is 4.92. The van der Waals surface area contributed by atoms with Gasteiger partial charge in [-0.1, -0.05) is 34.5 Å². The summed E-state index contributed by atoms with van der Waals surface area (Å²) >= 11 is 11.6. The molecule has 2 atom stereocenters. The summed E-state index contributed by atoms with van der Waals surface area (Å²) in [6, 6.07) is 3.95. The summed E-state index contributed by atoms with van der Waals surface area (Å²) < 4.78 is 1.12. The summed E-state index contributed by atoms with van der Waals surface area (Å²) in [5.74, 6) is 0.991. The SMILES string of the molecule is CC1SCc2c(Br)ccc(Cl)c2C1N. The highest BCUT2D eigenvalue weighted by molar-refractivity contribution is 9.10. The van der Waals surface area contributed by atoms with Crippen LogP contribution in [-0.4, -0.2) is 5.25 Å². The Morgan fingerprint density at radius 3 is 3.00 bits per heavy atom. The van der Waals surface area contributed by atoms with Gasteiger partial charge in [0.15, 0.2) is 0 Å². The van der Waals surface area contributed by atoms with Crippen molar-refractivity contribution in [2.24, 2.45) is 5.73 Å². The van der Waals surface area contributed by atoms with Crippen molar-refractivity contribution < 1.29 is 0 Å². The van der Waals surface area contributed by atoms with Crippen molar-refractivity contribution in [1.29, 1.82) is 0 Å².